The van der Waals surface area contributed by atoms with Crippen LogP contribution >= 0.6 is 0 Å². The zero-order chi connectivity index (χ0) is 15.2. The Hall–Kier alpha value is -2.24. The van der Waals surface area contributed by atoms with Gasteiger partial charge in [-0.25, -0.2) is 0 Å². The lowest BCUT2D eigenvalue weighted by atomic mass is 10.3. The topological polar surface area (TPSA) is 67.9 Å². The molecule has 2 rings (SSSR count). The van der Waals surface area contributed by atoms with Gasteiger partial charge in [0.2, 0.25) is 5.91 Å². The molecule has 0 bridgehead atoms. The second-order valence-corrected chi connectivity index (χ2v) is 4.86. The average molecular weight is 292 g/mol. The average Bonchev–Trinajstić information content (AvgIpc) is 2.72. The molecule has 114 valence electrons. The summed E-state index contributed by atoms with van der Waals surface area (Å²) in [5.41, 5.74) is 0. The molecule has 2 amide bonds. The molecule has 0 radical (unpaired) electrons. The predicted molar refractivity (Wildman–Crippen MR) is 77.3 cm³/mol. The molecule has 1 saturated heterocycles. The van der Waals surface area contributed by atoms with Gasteiger partial charge in [-0.1, -0.05) is 0 Å². The Morgan fingerprint density at radius 3 is 2.57 bits per heavy atom. The molecule has 0 unspecified atom stereocenters. The first-order chi connectivity index (χ1) is 10.1. The van der Waals surface area contributed by atoms with Gasteiger partial charge in [-0.15, -0.1) is 0 Å². The van der Waals surface area contributed by atoms with Gasteiger partial charge < -0.3 is 19.7 Å². The lowest BCUT2D eigenvalue weighted by Crippen LogP contribution is -2.42. The lowest BCUT2D eigenvalue weighted by molar-refractivity contribution is -0.137. The van der Waals surface area contributed by atoms with Crippen LogP contribution in [-0.2, 0) is 9.59 Å². The van der Waals surface area contributed by atoms with Gasteiger partial charge in [-0.3, -0.25) is 9.59 Å². The van der Waals surface area contributed by atoms with Gasteiger partial charge in [-0.05, 0) is 31.2 Å². The van der Waals surface area contributed by atoms with E-state index in [1.807, 2.05) is 0 Å². The maximum atomic E-state index is 12.3. The first kappa shape index (κ1) is 15.2. The summed E-state index contributed by atoms with van der Waals surface area (Å²) >= 11 is 0. The number of carbonyl (C=O) groups is 2. The number of carbonyl (C=O) groups excluding carboxylic acids is 2. The van der Waals surface area contributed by atoms with E-state index in [1.54, 1.807) is 43.2 Å². The molecule has 1 aliphatic heterocycles. The van der Waals surface area contributed by atoms with Crippen LogP contribution in [-0.4, -0.2) is 49.6 Å². The Bertz CT molecular complexity index is 501. The number of nitrogens with zero attached hydrogens (tertiary/aromatic N) is 1. The third-order valence-corrected chi connectivity index (χ3v) is 3.34. The molecule has 6 heteroatoms. The zero-order valence-corrected chi connectivity index (χ0v) is 12.3. The summed E-state index contributed by atoms with van der Waals surface area (Å²) in [6.45, 7) is 3.15. The van der Waals surface area contributed by atoms with Crippen molar-refractivity contribution < 1.29 is 19.1 Å². The fraction of sp³-hybridized carbons (Fsp3) is 0.467. The van der Waals surface area contributed by atoms with E-state index < -0.39 is 6.10 Å². The Labute approximate surface area is 124 Å². The van der Waals surface area contributed by atoms with Crippen LogP contribution in [0.5, 0.6) is 11.5 Å². The minimum Gasteiger partial charge on any atom is -0.497 e. The Morgan fingerprint density at radius 1 is 1.24 bits per heavy atom. The minimum absolute atomic E-state index is 0.0194. The van der Waals surface area contributed by atoms with Crippen molar-refractivity contribution in [3.8, 4) is 11.5 Å². The molecule has 1 aromatic rings. The highest BCUT2D eigenvalue weighted by Crippen LogP contribution is 2.18. The van der Waals surface area contributed by atoms with Gasteiger partial charge in [0, 0.05) is 26.1 Å². The van der Waals surface area contributed by atoms with E-state index in [2.05, 4.69) is 5.32 Å². The number of ether oxygens (including phenoxy) is 2. The summed E-state index contributed by atoms with van der Waals surface area (Å²) in [6.07, 6.45) is -0.257. The molecule has 0 saturated carbocycles. The van der Waals surface area contributed by atoms with Gasteiger partial charge in [0.15, 0.2) is 6.10 Å². The van der Waals surface area contributed by atoms with Crippen LogP contribution in [0, 0.1) is 0 Å². The fourth-order valence-corrected chi connectivity index (χ4v) is 2.15. The van der Waals surface area contributed by atoms with E-state index in [4.69, 9.17) is 9.47 Å². The molecular formula is C15H20N2O4. The highest BCUT2D eigenvalue weighted by Gasteiger charge is 2.24. The van der Waals surface area contributed by atoms with Crippen molar-refractivity contribution >= 4 is 11.8 Å². The van der Waals surface area contributed by atoms with Crippen molar-refractivity contribution in [2.45, 2.75) is 19.4 Å². The van der Waals surface area contributed by atoms with Gasteiger partial charge >= 0.3 is 0 Å². The number of nitrogens with one attached hydrogen (secondary N) is 1. The number of amides is 2. The zero-order valence-electron chi connectivity index (χ0n) is 12.3. The predicted octanol–water partition coefficient (Wildman–Crippen LogP) is 0.811. The summed E-state index contributed by atoms with van der Waals surface area (Å²) in [5.74, 6) is 1.22. The second kappa shape index (κ2) is 6.97. The van der Waals surface area contributed by atoms with Crippen molar-refractivity contribution in [1.82, 2.24) is 10.2 Å². The third-order valence-electron chi connectivity index (χ3n) is 3.34. The Morgan fingerprint density at radius 2 is 1.90 bits per heavy atom. The Kier molecular flexibility index (Phi) is 5.03. The highest BCUT2D eigenvalue weighted by atomic mass is 16.5. The standard InChI is InChI=1S/C15H20N2O4/c1-11(21-13-5-3-12(20-2)4-6-13)15(19)17-9-7-14(18)16-8-10-17/h3-6,11H,7-10H2,1-2H3,(H,16,18)/t11-/m0/s1. The van der Waals surface area contributed by atoms with E-state index in [-0.39, 0.29) is 11.8 Å². The third kappa shape index (κ3) is 4.11. The maximum Gasteiger partial charge on any atom is 0.263 e. The van der Waals surface area contributed by atoms with Crippen molar-refractivity contribution in [2.24, 2.45) is 0 Å². The van der Waals surface area contributed by atoms with Crippen LogP contribution in [0.3, 0.4) is 0 Å². The smallest absolute Gasteiger partial charge is 0.263 e. The van der Waals surface area contributed by atoms with Crippen LogP contribution in [0.1, 0.15) is 13.3 Å². The highest BCUT2D eigenvalue weighted by molar-refractivity contribution is 5.83. The summed E-state index contributed by atoms with van der Waals surface area (Å²) < 4.78 is 10.7. The number of hydrogen-bond acceptors (Lipinski definition) is 4. The Balaban J connectivity index is 1.93. The number of benzene rings is 1. The molecule has 1 atom stereocenters. The second-order valence-electron chi connectivity index (χ2n) is 4.86. The molecular weight excluding hydrogens is 272 g/mol. The van der Waals surface area contributed by atoms with E-state index in [9.17, 15) is 9.59 Å². The van der Waals surface area contributed by atoms with E-state index >= 15 is 0 Å². The SMILES string of the molecule is COc1ccc(O[C@@H](C)C(=O)N2CCNC(=O)CC2)cc1. The quantitative estimate of drug-likeness (QED) is 0.892. The summed E-state index contributed by atoms with van der Waals surface area (Å²) in [4.78, 5) is 25.3. The summed E-state index contributed by atoms with van der Waals surface area (Å²) in [6, 6.07) is 7.08. The van der Waals surface area contributed by atoms with E-state index in [0.29, 0.717) is 31.8 Å². The minimum atomic E-state index is -0.591. The fourth-order valence-electron chi connectivity index (χ4n) is 2.15. The van der Waals surface area contributed by atoms with Gasteiger partial charge in [-0.2, -0.15) is 0 Å². The molecule has 1 fully saturated rings. The van der Waals surface area contributed by atoms with Crippen LogP contribution in [0.2, 0.25) is 0 Å². The summed E-state index contributed by atoms with van der Waals surface area (Å²) in [5, 5.41) is 2.74. The van der Waals surface area contributed by atoms with Crippen LogP contribution < -0.4 is 14.8 Å². The monoisotopic (exact) mass is 292 g/mol. The molecule has 1 heterocycles. The van der Waals surface area contributed by atoms with E-state index in [1.165, 1.54) is 0 Å². The molecule has 21 heavy (non-hydrogen) atoms. The van der Waals surface area contributed by atoms with Crippen LogP contribution in [0.15, 0.2) is 24.3 Å². The molecule has 1 aliphatic rings. The molecule has 0 spiro atoms. The van der Waals surface area contributed by atoms with Gasteiger partial charge in [0.05, 0.1) is 7.11 Å². The molecule has 1 N–H and O–H groups in total. The van der Waals surface area contributed by atoms with Crippen molar-refractivity contribution in [3.05, 3.63) is 24.3 Å². The van der Waals surface area contributed by atoms with Crippen molar-refractivity contribution in [2.75, 3.05) is 26.7 Å². The lowest BCUT2D eigenvalue weighted by Gasteiger charge is -2.24. The molecule has 6 nitrogen and oxygen atoms in total. The number of methoxy groups -OCH3 is 1. The number of rotatable bonds is 4. The van der Waals surface area contributed by atoms with E-state index in [0.717, 1.165) is 5.75 Å². The first-order valence-corrected chi connectivity index (χ1v) is 6.96. The van der Waals surface area contributed by atoms with Crippen LogP contribution in [0.4, 0.5) is 0 Å². The summed E-state index contributed by atoms with van der Waals surface area (Å²) in [7, 11) is 1.59. The van der Waals surface area contributed by atoms with Gasteiger partial charge in [0.25, 0.3) is 5.91 Å². The maximum absolute atomic E-state index is 12.3. The van der Waals surface area contributed by atoms with Crippen LogP contribution in [0.25, 0.3) is 0 Å². The first-order valence-electron chi connectivity index (χ1n) is 6.96. The normalized spacial score (nSPS) is 16.7. The molecule has 0 aromatic heterocycles. The van der Waals surface area contributed by atoms with Crippen molar-refractivity contribution in [1.29, 1.82) is 0 Å². The largest absolute Gasteiger partial charge is 0.497 e. The van der Waals surface area contributed by atoms with Gasteiger partial charge in [0.1, 0.15) is 11.5 Å². The molecule has 0 aliphatic carbocycles. The number of hydrogen-bond donors (Lipinski definition) is 1. The molecule has 1 aromatic carbocycles. The van der Waals surface area contributed by atoms with Crippen molar-refractivity contribution in [3.63, 3.8) is 0 Å².